The number of benzene rings is 1. The molecule has 0 radical (unpaired) electrons. The summed E-state index contributed by atoms with van der Waals surface area (Å²) in [4.78, 5) is 4.21. The van der Waals surface area contributed by atoms with Crippen LogP contribution in [-0.4, -0.2) is 18.1 Å². The summed E-state index contributed by atoms with van der Waals surface area (Å²) in [7, 11) is 0. The number of fused-ring (bicyclic) bond motifs is 1. The highest BCUT2D eigenvalue weighted by molar-refractivity contribution is 5.85. The molecule has 0 amide bonds. The molecule has 1 atom stereocenters. The molecule has 0 saturated carbocycles. The topological polar surface area (TPSA) is 61.3 Å². The van der Waals surface area contributed by atoms with Gasteiger partial charge in [-0.15, -0.1) is 12.4 Å². The molecule has 0 spiro atoms. The number of oxazole rings is 1. The summed E-state index contributed by atoms with van der Waals surface area (Å²) >= 11 is 0. The minimum absolute atomic E-state index is 0. The first-order valence-electron chi connectivity index (χ1n) is 5.72. The molecule has 2 aromatic rings. The molecule has 2 N–H and O–H groups in total. The fourth-order valence-electron chi connectivity index (χ4n) is 2.36. The Balaban J connectivity index is 0.00000120. The lowest BCUT2D eigenvalue weighted by molar-refractivity contribution is 0.0486. The van der Waals surface area contributed by atoms with Crippen LogP contribution in [0.5, 0.6) is 0 Å². The van der Waals surface area contributed by atoms with Crippen LogP contribution in [-0.2, 0) is 11.2 Å². The molecule has 1 aromatic carbocycles. The summed E-state index contributed by atoms with van der Waals surface area (Å²) in [5.41, 5.74) is 10.2. The fraction of sp³-hybridized carbons (Fsp3) is 0.308. The molecule has 1 aliphatic rings. The van der Waals surface area contributed by atoms with Crippen LogP contribution in [0.1, 0.15) is 17.2 Å². The fourth-order valence-corrected chi connectivity index (χ4v) is 2.36. The van der Waals surface area contributed by atoms with Gasteiger partial charge in [0.2, 0.25) is 0 Å². The second-order valence-corrected chi connectivity index (χ2v) is 4.09. The van der Waals surface area contributed by atoms with Gasteiger partial charge in [-0.3, -0.25) is 0 Å². The summed E-state index contributed by atoms with van der Waals surface area (Å²) in [6.45, 7) is 1.22. The number of nitrogens with zero attached hydrogens (tertiary/aromatic N) is 1. The van der Waals surface area contributed by atoms with Gasteiger partial charge in [-0.2, -0.15) is 0 Å². The van der Waals surface area contributed by atoms with Crippen LogP contribution in [0.25, 0.3) is 11.3 Å². The Morgan fingerprint density at radius 1 is 1.39 bits per heavy atom. The first-order chi connectivity index (χ1) is 8.40. The lowest BCUT2D eigenvalue weighted by Crippen LogP contribution is -2.23. The third kappa shape index (κ3) is 2.14. The van der Waals surface area contributed by atoms with Crippen molar-refractivity contribution >= 4 is 12.4 Å². The number of nitrogens with two attached hydrogens (primary N) is 1. The number of hydrogen-bond acceptors (Lipinski definition) is 4. The molecule has 5 heteroatoms. The second kappa shape index (κ2) is 5.52. The van der Waals surface area contributed by atoms with E-state index in [0.717, 1.165) is 17.7 Å². The largest absolute Gasteiger partial charge is 0.451 e. The molecule has 0 unspecified atom stereocenters. The predicted octanol–water partition coefficient (Wildman–Crippen LogP) is 2.34. The first kappa shape index (κ1) is 13.1. The third-order valence-corrected chi connectivity index (χ3v) is 3.15. The van der Waals surface area contributed by atoms with E-state index in [-0.39, 0.29) is 18.5 Å². The van der Waals surface area contributed by atoms with Crippen LogP contribution >= 0.6 is 12.4 Å². The summed E-state index contributed by atoms with van der Waals surface area (Å²) in [6, 6.07) is 6.16. The molecular formula is C13H15ClN2O2. The predicted molar refractivity (Wildman–Crippen MR) is 70.6 cm³/mol. The van der Waals surface area contributed by atoms with Crippen molar-refractivity contribution in [2.75, 3.05) is 13.2 Å². The van der Waals surface area contributed by atoms with Crippen molar-refractivity contribution in [2.45, 2.75) is 12.5 Å². The zero-order valence-corrected chi connectivity index (χ0v) is 10.7. The summed E-state index contributed by atoms with van der Waals surface area (Å²) in [5.74, 6) is 0. The van der Waals surface area contributed by atoms with Crippen LogP contribution in [0.3, 0.4) is 0 Å². The highest BCUT2D eigenvalue weighted by atomic mass is 35.5. The minimum Gasteiger partial charge on any atom is -0.451 e. The standard InChI is InChI=1S/C13H14N2O2.ClH/c14-6-13-11-3-1-2-10(9(11)4-5-17-13)12-7-16-8-15-12;/h1-3,7-8,13H,4-6,14H2;1H/t13-;/m1./s1. The Bertz CT molecular complexity index is 514. The van der Waals surface area contributed by atoms with E-state index >= 15 is 0 Å². The Kier molecular flexibility index (Phi) is 4.01. The van der Waals surface area contributed by atoms with Crippen LogP contribution < -0.4 is 5.73 Å². The molecule has 0 fully saturated rings. The van der Waals surface area contributed by atoms with E-state index in [9.17, 15) is 0 Å². The van der Waals surface area contributed by atoms with Gasteiger partial charge in [0.15, 0.2) is 6.39 Å². The van der Waals surface area contributed by atoms with E-state index in [0.29, 0.717) is 13.2 Å². The Morgan fingerprint density at radius 2 is 2.28 bits per heavy atom. The van der Waals surface area contributed by atoms with Gasteiger partial charge in [-0.1, -0.05) is 18.2 Å². The molecule has 1 aromatic heterocycles. The van der Waals surface area contributed by atoms with Crippen molar-refractivity contribution < 1.29 is 9.15 Å². The van der Waals surface area contributed by atoms with Gasteiger partial charge in [-0.25, -0.2) is 4.98 Å². The minimum atomic E-state index is 0. The summed E-state index contributed by atoms with van der Waals surface area (Å²) in [5, 5.41) is 0. The molecule has 96 valence electrons. The van der Waals surface area contributed by atoms with Crippen LogP contribution in [0.15, 0.2) is 35.3 Å². The number of halogens is 1. The SMILES string of the molecule is Cl.NC[C@H]1OCCc2c(-c3cocn3)cccc21. The van der Waals surface area contributed by atoms with Crippen molar-refractivity contribution in [1.29, 1.82) is 0 Å². The van der Waals surface area contributed by atoms with Crippen molar-refractivity contribution in [3.05, 3.63) is 42.0 Å². The zero-order chi connectivity index (χ0) is 11.7. The monoisotopic (exact) mass is 266 g/mol. The summed E-state index contributed by atoms with van der Waals surface area (Å²) in [6.07, 6.45) is 4.02. The molecule has 18 heavy (non-hydrogen) atoms. The van der Waals surface area contributed by atoms with Gasteiger partial charge in [0.1, 0.15) is 12.0 Å². The van der Waals surface area contributed by atoms with Gasteiger partial charge in [0, 0.05) is 12.1 Å². The van der Waals surface area contributed by atoms with Gasteiger partial charge >= 0.3 is 0 Å². The number of hydrogen-bond donors (Lipinski definition) is 1. The second-order valence-electron chi connectivity index (χ2n) is 4.09. The third-order valence-electron chi connectivity index (χ3n) is 3.15. The molecule has 3 rings (SSSR count). The number of aromatic nitrogens is 1. The zero-order valence-electron chi connectivity index (χ0n) is 9.83. The van der Waals surface area contributed by atoms with Gasteiger partial charge < -0.3 is 14.9 Å². The van der Waals surface area contributed by atoms with E-state index in [4.69, 9.17) is 14.9 Å². The highest BCUT2D eigenvalue weighted by Crippen LogP contribution is 2.33. The lowest BCUT2D eigenvalue weighted by Gasteiger charge is -2.26. The van der Waals surface area contributed by atoms with Crippen molar-refractivity contribution in [3.63, 3.8) is 0 Å². The maximum absolute atomic E-state index is 5.73. The average molecular weight is 267 g/mol. The van der Waals surface area contributed by atoms with E-state index in [1.165, 1.54) is 17.5 Å². The van der Waals surface area contributed by atoms with E-state index in [1.54, 1.807) is 6.26 Å². The molecule has 0 bridgehead atoms. The van der Waals surface area contributed by atoms with Crippen molar-refractivity contribution in [1.82, 2.24) is 4.98 Å². The molecule has 4 nitrogen and oxygen atoms in total. The average Bonchev–Trinajstić information content (AvgIpc) is 2.91. The highest BCUT2D eigenvalue weighted by Gasteiger charge is 2.22. The number of ether oxygens (including phenoxy) is 1. The lowest BCUT2D eigenvalue weighted by atomic mass is 9.92. The van der Waals surface area contributed by atoms with Gasteiger partial charge in [0.25, 0.3) is 0 Å². The smallest absolute Gasteiger partial charge is 0.181 e. The summed E-state index contributed by atoms with van der Waals surface area (Å²) < 4.78 is 10.7. The normalized spacial score (nSPS) is 17.9. The Labute approximate surface area is 112 Å². The maximum atomic E-state index is 5.73. The maximum Gasteiger partial charge on any atom is 0.181 e. The first-order valence-corrected chi connectivity index (χ1v) is 5.72. The van der Waals surface area contributed by atoms with E-state index < -0.39 is 0 Å². The Hall–Kier alpha value is -1.36. The molecule has 1 aliphatic heterocycles. The Morgan fingerprint density at radius 3 is 3.00 bits per heavy atom. The van der Waals surface area contributed by atoms with Gasteiger partial charge in [0.05, 0.1) is 12.7 Å². The molecule has 2 heterocycles. The van der Waals surface area contributed by atoms with E-state index in [1.807, 2.05) is 6.07 Å². The number of rotatable bonds is 2. The quantitative estimate of drug-likeness (QED) is 0.906. The van der Waals surface area contributed by atoms with E-state index in [2.05, 4.69) is 17.1 Å². The van der Waals surface area contributed by atoms with Crippen LogP contribution in [0.2, 0.25) is 0 Å². The molecule has 0 aliphatic carbocycles. The van der Waals surface area contributed by atoms with Gasteiger partial charge in [-0.05, 0) is 17.5 Å². The molecule has 0 saturated heterocycles. The van der Waals surface area contributed by atoms with Crippen LogP contribution in [0, 0.1) is 0 Å². The molecular weight excluding hydrogens is 252 g/mol. The van der Waals surface area contributed by atoms with Crippen molar-refractivity contribution in [3.8, 4) is 11.3 Å². The van der Waals surface area contributed by atoms with Crippen LogP contribution in [0.4, 0.5) is 0 Å². The van der Waals surface area contributed by atoms with Crippen molar-refractivity contribution in [2.24, 2.45) is 5.73 Å².